The highest BCUT2D eigenvalue weighted by Gasteiger charge is 2.20. The Labute approximate surface area is 255 Å². The van der Waals surface area contributed by atoms with Crippen LogP contribution in [0.15, 0.2) is 77.7 Å². The number of aryl methyl sites for hydroxylation is 1. The van der Waals surface area contributed by atoms with Gasteiger partial charge in [-0.05, 0) is 75.2 Å². The Kier molecular flexibility index (Phi) is 12.8. The van der Waals surface area contributed by atoms with E-state index in [1.165, 1.54) is 17.0 Å². The van der Waals surface area contributed by atoms with E-state index in [1.54, 1.807) is 19.2 Å². The molecule has 0 N–H and O–H groups in total. The summed E-state index contributed by atoms with van der Waals surface area (Å²) < 4.78 is 51.2. The van der Waals surface area contributed by atoms with Gasteiger partial charge in [-0.1, -0.05) is 54.1 Å². The Bertz CT molecular complexity index is 1410. The Hall–Kier alpha value is -3.70. The van der Waals surface area contributed by atoms with Crippen molar-refractivity contribution >= 4 is 34.1 Å². The van der Waals surface area contributed by atoms with Crippen LogP contribution in [-0.2, 0) is 28.5 Å². The fourth-order valence-corrected chi connectivity index (χ4v) is 4.52. The number of hydrogen-bond donors (Lipinski definition) is 0. The summed E-state index contributed by atoms with van der Waals surface area (Å²) >= 11 is 0. The monoisotopic (exact) mass is 611 g/mol. The predicted molar refractivity (Wildman–Crippen MR) is 168 cm³/mol. The normalized spacial score (nSPS) is 11.9. The molecule has 0 spiro atoms. The van der Waals surface area contributed by atoms with Gasteiger partial charge in [0.2, 0.25) is 0 Å². The lowest BCUT2D eigenvalue weighted by Gasteiger charge is -2.24. The molecule has 1 amide bonds. The number of amides is 1. The first-order valence-corrected chi connectivity index (χ1v) is 15.4. The molecule has 3 aromatic rings. The predicted octanol–water partition coefficient (Wildman–Crippen LogP) is 6.35. The van der Waals surface area contributed by atoms with Gasteiger partial charge in [-0.25, -0.2) is 4.79 Å². The zero-order valence-corrected chi connectivity index (χ0v) is 26.3. The number of nitrogens with zero attached hydrogens (tertiary/aromatic N) is 1. The quantitative estimate of drug-likeness (QED) is 0.111. The molecule has 9 nitrogen and oxygen atoms in total. The molecular weight excluding hydrogens is 570 g/mol. The molecule has 0 saturated carbocycles. The molecule has 10 heteroatoms. The van der Waals surface area contributed by atoms with Crippen LogP contribution >= 0.6 is 0 Å². The molecule has 0 aliphatic heterocycles. The largest absolute Gasteiger partial charge is 0.491 e. The molecule has 0 aromatic heterocycles. The van der Waals surface area contributed by atoms with E-state index >= 15 is 0 Å². The van der Waals surface area contributed by atoms with Gasteiger partial charge in [0.1, 0.15) is 18.0 Å². The van der Waals surface area contributed by atoms with Crippen molar-refractivity contribution in [3.63, 3.8) is 0 Å². The first kappa shape index (κ1) is 33.8. The number of ether oxygens (including phenoxy) is 4. The number of rotatable bonds is 15. The number of carbonyl (C=O) groups excluding carboxylic acids is 1. The van der Waals surface area contributed by atoms with Crippen LogP contribution in [-0.4, -0.2) is 66.8 Å². The summed E-state index contributed by atoms with van der Waals surface area (Å²) in [4.78, 5) is 13.9. The van der Waals surface area contributed by atoms with Crippen LogP contribution in [0.5, 0.6) is 5.75 Å². The van der Waals surface area contributed by atoms with Crippen molar-refractivity contribution in [2.75, 3.05) is 51.6 Å². The lowest BCUT2D eigenvalue weighted by molar-refractivity contribution is 0.0279. The Morgan fingerprint density at radius 1 is 0.744 bits per heavy atom. The van der Waals surface area contributed by atoms with E-state index in [4.69, 9.17) is 23.1 Å². The molecule has 0 bridgehead atoms. The maximum Gasteiger partial charge on any atom is 0.414 e. The molecule has 232 valence electrons. The van der Waals surface area contributed by atoms with Crippen molar-refractivity contribution in [3.8, 4) is 5.75 Å². The Balaban J connectivity index is 1.28. The van der Waals surface area contributed by atoms with E-state index in [2.05, 4.69) is 0 Å². The molecule has 0 atom stereocenters. The zero-order valence-electron chi connectivity index (χ0n) is 25.4. The summed E-state index contributed by atoms with van der Waals surface area (Å²) in [6.45, 7) is 8.93. The zero-order chi connectivity index (χ0) is 31.3. The summed E-state index contributed by atoms with van der Waals surface area (Å²) in [5.74, 6) is 0.735. The smallest absolute Gasteiger partial charge is 0.414 e. The first-order valence-electron chi connectivity index (χ1n) is 14.0. The van der Waals surface area contributed by atoms with Gasteiger partial charge in [-0.15, -0.1) is 0 Å². The van der Waals surface area contributed by atoms with Crippen molar-refractivity contribution < 1.29 is 36.3 Å². The molecule has 0 aliphatic rings. The van der Waals surface area contributed by atoms with E-state index < -0.39 is 21.8 Å². The highest BCUT2D eigenvalue weighted by molar-refractivity contribution is 7.86. The third-order valence-electron chi connectivity index (χ3n) is 5.94. The molecular formula is C33H41NO8S. The summed E-state index contributed by atoms with van der Waals surface area (Å²) in [6, 6.07) is 21.8. The molecule has 43 heavy (non-hydrogen) atoms. The van der Waals surface area contributed by atoms with Gasteiger partial charge in [0.25, 0.3) is 10.1 Å². The second-order valence-corrected chi connectivity index (χ2v) is 12.3. The fraction of sp³-hybridized carbons (Fsp3) is 0.364. The Morgan fingerprint density at radius 3 is 1.81 bits per heavy atom. The maximum atomic E-state index is 12.3. The van der Waals surface area contributed by atoms with E-state index in [0.29, 0.717) is 26.4 Å². The molecule has 0 aliphatic carbocycles. The van der Waals surface area contributed by atoms with Gasteiger partial charge in [-0.2, -0.15) is 8.42 Å². The maximum absolute atomic E-state index is 12.3. The number of benzene rings is 3. The molecule has 0 radical (unpaired) electrons. The van der Waals surface area contributed by atoms with Crippen molar-refractivity contribution in [1.29, 1.82) is 0 Å². The number of anilines is 1. The van der Waals surface area contributed by atoms with Crippen molar-refractivity contribution in [2.45, 2.75) is 38.2 Å². The van der Waals surface area contributed by atoms with E-state index in [-0.39, 0.29) is 18.1 Å². The molecule has 0 heterocycles. The van der Waals surface area contributed by atoms with Gasteiger partial charge in [0.05, 0.1) is 37.9 Å². The van der Waals surface area contributed by atoms with Gasteiger partial charge >= 0.3 is 6.09 Å². The Morgan fingerprint density at radius 2 is 1.26 bits per heavy atom. The van der Waals surface area contributed by atoms with E-state index in [1.807, 2.05) is 88.4 Å². The second kappa shape index (κ2) is 16.2. The van der Waals surface area contributed by atoms with Crippen LogP contribution in [0.1, 0.15) is 37.5 Å². The van der Waals surface area contributed by atoms with E-state index in [0.717, 1.165) is 28.1 Å². The average Bonchev–Trinajstić information content (AvgIpc) is 2.97. The summed E-state index contributed by atoms with van der Waals surface area (Å²) in [7, 11) is -2.10. The van der Waals surface area contributed by atoms with Crippen LogP contribution in [0.4, 0.5) is 10.5 Å². The van der Waals surface area contributed by atoms with Crippen LogP contribution < -0.4 is 9.64 Å². The van der Waals surface area contributed by atoms with E-state index in [9.17, 15) is 13.2 Å². The highest BCUT2D eigenvalue weighted by Crippen LogP contribution is 2.20. The first-order chi connectivity index (χ1) is 20.4. The lowest BCUT2D eigenvalue weighted by Crippen LogP contribution is -2.34. The molecule has 3 aromatic carbocycles. The minimum atomic E-state index is -3.78. The number of carbonyl (C=O) groups is 1. The van der Waals surface area contributed by atoms with Crippen molar-refractivity contribution in [3.05, 3.63) is 89.5 Å². The van der Waals surface area contributed by atoms with Crippen LogP contribution in [0, 0.1) is 6.92 Å². The minimum Gasteiger partial charge on any atom is -0.491 e. The molecule has 0 unspecified atom stereocenters. The topological polar surface area (TPSA) is 101 Å². The highest BCUT2D eigenvalue weighted by atomic mass is 32.2. The SMILES string of the molecule is Cc1ccc(S(=O)(=O)OCCOCCOCCOc2ccc(C=Cc3ccc(N(C)C(=O)OC(C)(C)C)cc3)cc2)cc1. The molecule has 3 rings (SSSR count). The van der Waals surface area contributed by atoms with Gasteiger partial charge in [0, 0.05) is 12.7 Å². The summed E-state index contributed by atoms with van der Waals surface area (Å²) in [5, 5.41) is 0. The third kappa shape index (κ3) is 12.2. The van der Waals surface area contributed by atoms with Gasteiger partial charge < -0.3 is 18.9 Å². The standard InChI is InChI=1S/C33H41NO8S/c1-26-6-18-31(19-7-26)43(36,37)41-25-23-39-21-20-38-22-24-40-30-16-12-28(13-17-30)9-8-27-10-14-29(15-11-27)34(5)32(35)42-33(2,3)4/h6-19H,20-25H2,1-5H3. The molecule has 0 fully saturated rings. The third-order valence-corrected chi connectivity index (χ3v) is 7.27. The summed E-state index contributed by atoms with van der Waals surface area (Å²) in [6.07, 6.45) is 3.60. The van der Waals surface area contributed by atoms with Gasteiger partial charge in [-0.3, -0.25) is 9.08 Å². The van der Waals surface area contributed by atoms with Crippen LogP contribution in [0.3, 0.4) is 0 Å². The number of hydrogen-bond acceptors (Lipinski definition) is 8. The fourth-order valence-electron chi connectivity index (χ4n) is 3.63. The summed E-state index contributed by atoms with van der Waals surface area (Å²) in [5.41, 5.74) is 3.20. The van der Waals surface area contributed by atoms with Crippen molar-refractivity contribution in [2.24, 2.45) is 0 Å². The second-order valence-electron chi connectivity index (χ2n) is 10.7. The minimum absolute atomic E-state index is 0.0652. The van der Waals surface area contributed by atoms with Crippen molar-refractivity contribution in [1.82, 2.24) is 0 Å². The average molecular weight is 612 g/mol. The van der Waals surface area contributed by atoms with Gasteiger partial charge in [0.15, 0.2) is 0 Å². The lowest BCUT2D eigenvalue weighted by atomic mass is 10.1. The molecule has 0 saturated heterocycles. The van der Waals surface area contributed by atoms with Crippen LogP contribution in [0.2, 0.25) is 0 Å². The van der Waals surface area contributed by atoms with Crippen LogP contribution in [0.25, 0.3) is 12.2 Å².